The van der Waals surface area contributed by atoms with Crippen LogP contribution in [0.2, 0.25) is 0 Å². The van der Waals surface area contributed by atoms with Crippen LogP contribution in [-0.4, -0.2) is 24.5 Å². The zero-order valence-corrected chi connectivity index (χ0v) is 33.5. The average Bonchev–Trinajstić information content (AvgIpc) is 3.59. The average molecular weight is 760 g/mol. The molecule has 0 spiro atoms. The molecule has 0 radical (unpaired) electrons. The fraction of sp³-hybridized carbons (Fsp3) is 0.0741. The maximum absolute atomic E-state index is 5.25. The van der Waals surface area contributed by atoms with Crippen LogP contribution in [0.15, 0.2) is 176 Å². The smallest absolute Gasteiger partial charge is 0.166 e. The Morgan fingerprint density at radius 3 is 1.32 bits per heavy atom. The van der Waals surface area contributed by atoms with Gasteiger partial charge in [0.25, 0.3) is 0 Å². The van der Waals surface area contributed by atoms with E-state index in [1.54, 1.807) is 0 Å². The zero-order valence-electron chi connectivity index (χ0n) is 33.5. The predicted octanol–water partition coefficient (Wildman–Crippen LogP) is 13.6. The Labute approximate surface area is 344 Å². The van der Waals surface area contributed by atoms with Gasteiger partial charge in [-0.25, -0.2) is 15.0 Å². The maximum Gasteiger partial charge on any atom is 0.166 e. The largest absolute Gasteiger partial charge is 0.308 e. The van der Waals surface area contributed by atoms with Gasteiger partial charge in [0.2, 0.25) is 0 Å². The van der Waals surface area contributed by atoms with Gasteiger partial charge in [-0.15, -0.1) is 0 Å². The molecule has 0 aliphatic heterocycles. The predicted molar refractivity (Wildman–Crippen MR) is 244 cm³/mol. The highest BCUT2D eigenvalue weighted by atomic mass is 15.1. The zero-order chi connectivity index (χ0) is 40.0. The lowest BCUT2D eigenvalue weighted by molar-refractivity contribution is 1.06. The van der Waals surface area contributed by atoms with E-state index in [9.17, 15) is 0 Å². The van der Waals surface area contributed by atoms with Crippen LogP contribution in [0.25, 0.3) is 95.2 Å². The second kappa shape index (κ2) is 14.8. The lowest BCUT2D eigenvalue weighted by Gasteiger charge is -2.16. The summed E-state index contributed by atoms with van der Waals surface area (Å²) in [4.78, 5) is 20.3. The first-order valence-electron chi connectivity index (χ1n) is 20.0. The maximum atomic E-state index is 5.25. The molecule has 0 atom stereocenters. The normalized spacial score (nSPS) is 11.4. The molecule has 0 saturated heterocycles. The summed E-state index contributed by atoms with van der Waals surface area (Å²) < 4.78 is 2.38. The molecule has 0 unspecified atom stereocenters. The highest BCUT2D eigenvalue weighted by Gasteiger charge is 2.21. The molecular formula is C54H41N5. The molecule has 5 nitrogen and oxygen atoms in total. The molecule has 0 aliphatic carbocycles. The van der Waals surface area contributed by atoms with E-state index >= 15 is 0 Å². The van der Waals surface area contributed by atoms with Crippen LogP contribution in [0.1, 0.15) is 22.3 Å². The van der Waals surface area contributed by atoms with E-state index in [0.717, 1.165) is 44.7 Å². The Balaban J connectivity index is 1.28. The Bertz CT molecular complexity index is 2980. The summed E-state index contributed by atoms with van der Waals surface area (Å²) in [6, 6.07) is 60.2. The summed E-state index contributed by atoms with van der Waals surface area (Å²) in [6.07, 6.45) is 1.83. The van der Waals surface area contributed by atoms with Crippen molar-refractivity contribution in [3.8, 4) is 73.4 Å². The summed E-state index contributed by atoms with van der Waals surface area (Å²) >= 11 is 0. The molecule has 10 rings (SSSR count). The molecule has 5 heteroatoms. The standard InChI is InChI=1S/C54H41N5/c1-34-25-35(2)28-43(27-34)40-18-21-49-45(31-40)46-32-41(44-29-36(3)26-37(4)30-44)19-22-50(46)59(49)51-23-20-42(48-17-11-12-24-55-48)33-47(51)54-57-52(38-13-7-5-8-14-38)56-53(58-54)39-15-9-6-10-16-39/h5-33H,1-4H3. The summed E-state index contributed by atoms with van der Waals surface area (Å²) in [7, 11) is 0. The monoisotopic (exact) mass is 759 g/mol. The minimum absolute atomic E-state index is 0.583. The van der Waals surface area contributed by atoms with Crippen molar-refractivity contribution in [2.24, 2.45) is 0 Å². The van der Waals surface area contributed by atoms with Crippen molar-refractivity contribution in [2.45, 2.75) is 27.7 Å². The van der Waals surface area contributed by atoms with Crippen LogP contribution in [0, 0.1) is 27.7 Å². The lowest BCUT2D eigenvalue weighted by Crippen LogP contribution is -2.04. The van der Waals surface area contributed by atoms with Crippen LogP contribution >= 0.6 is 0 Å². The van der Waals surface area contributed by atoms with E-state index in [0.29, 0.717) is 17.5 Å². The van der Waals surface area contributed by atoms with Crippen LogP contribution < -0.4 is 0 Å². The topological polar surface area (TPSA) is 56.5 Å². The van der Waals surface area contributed by atoms with Crippen LogP contribution in [0.4, 0.5) is 0 Å². The van der Waals surface area contributed by atoms with E-state index < -0.39 is 0 Å². The van der Waals surface area contributed by atoms with Crippen molar-refractivity contribution in [3.63, 3.8) is 0 Å². The first kappa shape index (κ1) is 35.9. The van der Waals surface area contributed by atoms with Crippen molar-refractivity contribution < 1.29 is 0 Å². The molecule has 59 heavy (non-hydrogen) atoms. The number of rotatable bonds is 7. The van der Waals surface area contributed by atoms with Crippen molar-refractivity contribution in [1.82, 2.24) is 24.5 Å². The molecule has 10 aromatic rings. The SMILES string of the molecule is Cc1cc(C)cc(-c2ccc3c(c2)c2cc(-c4cc(C)cc(C)c4)ccc2n3-c2ccc(-c3ccccn3)cc2-c2nc(-c3ccccc3)nc(-c3ccccc3)n2)c1. The fourth-order valence-corrected chi connectivity index (χ4v) is 8.46. The third kappa shape index (κ3) is 6.87. The molecule has 0 aliphatic rings. The second-order valence-corrected chi connectivity index (χ2v) is 15.5. The third-order valence-electron chi connectivity index (χ3n) is 11.0. The minimum atomic E-state index is 0.583. The molecular weight excluding hydrogens is 719 g/mol. The molecule has 0 bridgehead atoms. The van der Waals surface area contributed by atoms with Gasteiger partial charge in [0.05, 0.1) is 22.4 Å². The van der Waals surface area contributed by atoms with E-state index in [1.807, 2.05) is 85.1 Å². The van der Waals surface area contributed by atoms with Gasteiger partial charge in [0, 0.05) is 39.2 Å². The fourth-order valence-electron chi connectivity index (χ4n) is 8.46. The van der Waals surface area contributed by atoms with Gasteiger partial charge in [-0.05, 0) is 98.5 Å². The van der Waals surface area contributed by atoms with Crippen LogP contribution in [-0.2, 0) is 0 Å². The highest BCUT2D eigenvalue weighted by Crippen LogP contribution is 2.41. The second-order valence-electron chi connectivity index (χ2n) is 15.5. The lowest BCUT2D eigenvalue weighted by atomic mass is 9.97. The van der Waals surface area contributed by atoms with Gasteiger partial charge < -0.3 is 4.57 Å². The molecule has 0 N–H and O–H groups in total. The number of hydrogen-bond acceptors (Lipinski definition) is 4. The Morgan fingerprint density at radius 2 is 0.831 bits per heavy atom. The minimum Gasteiger partial charge on any atom is -0.308 e. The summed E-state index contributed by atoms with van der Waals surface area (Å²) in [5.74, 6) is 1.81. The molecule has 7 aromatic carbocycles. The van der Waals surface area contributed by atoms with E-state index in [1.165, 1.54) is 55.3 Å². The van der Waals surface area contributed by atoms with E-state index in [4.69, 9.17) is 19.9 Å². The van der Waals surface area contributed by atoms with Gasteiger partial charge in [-0.1, -0.05) is 144 Å². The molecule has 3 aromatic heterocycles. The molecule has 0 amide bonds. The first-order valence-corrected chi connectivity index (χ1v) is 20.0. The molecule has 0 fully saturated rings. The number of hydrogen-bond donors (Lipinski definition) is 0. The number of fused-ring (bicyclic) bond motifs is 3. The van der Waals surface area contributed by atoms with Gasteiger partial charge in [0.15, 0.2) is 17.5 Å². The van der Waals surface area contributed by atoms with Gasteiger partial charge in [0.1, 0.15) is 0 Å². The first-order chi connectivity index (χ1) is 28.8. The summed E-state index contributed by atoms with van der Waals surface area (Å²) in [5.41, 5.74) is 17.5. The quantitative estimate of drug-likeness (QED) is 0.162. The Morgan fingerprint density at radius 1 is 0.356 bits per heavy atom. The van der Waals surface area contributed by atoms with Crippen molar-refractivity contribution in [1.29, 1.82) is 0 Å². The van der Waals surface area contributed by atoms with Gasteiger partial charge >= 0.3 is 0 Å². The van der Waals surface area contributed by atoms with E-state index in [-0.39, 0.29) is 0 Å². The van der Waals surface area contributed by atoms with Crippen LogP contribution in [0.5, 0.6) is 0 Å². The Kier molecular flexibility index (Phi) is 8.99. The van der Waals surface area contributed by atoms with Gasteiger partial charge in [-0.2, -0.15) is 0 Å². The summed E-state index contributed by atoms with van der Waals surface area (Å²) in [5, 5.41) is 2.35. The van der Waals surface area contributed by atoms with Crippen molar-refractivity contribution >= 4 is 21.8 Å². The number of nitrogens with zero attached hydrogens (tertiary/aromatic N) is 5. The highest BCUT2D eigenvalue weighted by molar-refractivity contribution is 6.12. The van der Waals surface area contributed by atoms with Crippen molar-refractivity contribution in [2.75, 3.05) is 0 Å². The van der Waals surface area contributed by atoms with E-state index in [2.05, 4.69) is 123 Å². The molecule has 3 heterocycles. The van der Waals surface area contributed by atoms with Crippen LogP contribution in [0.3, 0.4) is 0 Å². The van der Waals surface area contributed by atoms with Crippen molar-refractivity contribution in [3.05, 3.63) is 198 Å². The number of pyridine rings is 1. The third-order valence-corrected chi connectivity index (χ3v) is 11.0. The summed E-state index contributed by atoms with van der Waals surface area (Å²) in [6.45, 7) is 8.67. The number of aromatic nitrogens is 5. The number of benzene rings is 7. The van der Waals surface area contributed by atoms with Gasteiger partial charge in [-0.3, -0.25) is 4.98 Å². The number of aryl methyl sites for hydroxylation is 4. The molecule has 282 valence electrons. The molecule has 0 saturated carbocycles. The Hall–Kier alpha value is -7.50.